The molecular formula is C18H14N4O3. The summed E-state index contributed by atoms with van der Waals surface area (Å²) in [6, 6.07) is 14.3. The summed E-state index contributed by atoms with van der Waals surface area (Å²) >= 11 is 0. The van der Waals surface area contributed by atoms with E-state index in [1.165, 1.54) is 0 Å². The average Bonchev–Trinajstić information content (AvgIpc) is 3.17. The molecule has 0 saturated carbocycles. The number of hydrogen-bond acceptors (Lipinski definition) is 5. The van der Waals surface area contributed by atoms with E-state index in [-0.39, 0.29) is 5.91 Å². The van der Waals surface area contributed by atoms with Crippen LogP contribution in [0.25, 0.3) is 5.69 Å². The Kier molecular flexibility index (Phi) is 3.74. The number of hydrogen-bond donors (Lipinski definition) is 1. The van der Waals surface area contributed by atoms with Crippen LogP contribution in [0.2, 0.25) is 0 Å². The van der Waals surface area contributed by atoms with Gasteiger partial charge >= 0.3 is 5.97 Å². The Morgan fingerprint density at radius 3 is 2.92 bits per heavy atom. The van der Waals surface area contributed by atoms with E-state index in [9.17, 15) is 9.59 Å². The summed E-state index contributed by atoms with van der Waals surface area (Å²) in [4.78, 5) is 24.5. The monoisotopic (exact) mass is 334 g/mol. The maximum Gasteiger partial charge on any atom is 0.339 e. The van der Waals surface area contributed by atoms with E-state index in [0.29, 0.717) is 17.7 Å². The molecule has 0 aliphatic carbocycles. The number of carbonyl (C=O) groups is 2. The molecule has 2 heterocycles. The summed E-state index contributed by atoms with van der Waals surface area (Å²) in [5, 5.41) is 10.5. The summed E-state index contributed by atoms with van der Waals surface area (Å²) in [5.74, 6) is -0.836. The van der Waals surface area contributed by atoms with Crippen molar-refractivity contribution in [3.05, 3.63) is 72.1 Å². The van der Waals surface area contributed by atoms with E-state index in [4.69, 9.17) is 4.74 Å². The van der Waals surface area contributed by atoms with Crippen LogP contribution < -0.4 is 5.32 Å². The van der Waals surface area contributed by atoms with Gasteiger partial charge in [0.05, 0.1) is 23.6 Å². The molecule has 3 aromatic rings. The van der Waals surface area contributed by atoms with Crippen LogP contribution in [0.1, 0.15) is 15.9 Å². The SMILES string of the molecule is O=C1O[C@H](C(=O)Nc2cccc(-n3ccnn3)c2)Cc2ccccc21. The zero-order valence-corrected chi connectivity index (χ0v) is 13.1. The van der Waals surface area contributed by atoms with Crippen LogP contribution in [0.15, 0.2) is 60.9 Å². The van der Waals surface area contributed by atoms with Crippen LogP contribution in [0, 0.1) is 0 Å². The lowest BCUT2D eigenvalue weighted by Gasteiger charge is -2.23. The average molecular weight is 334 g/mol. The topological polar surface area (TPSA) is 86.1 Å². The van der Waals surface area contributed by atoms with E-state index in [2.05, 4.69) is 15.6 Å². The molecule has 1 aliphatic heterocycles. The second-order valence-electron chi connectivity index (χ2n) is 5.64. The molecule has 0 saturated heterocycles. The molecule has 7 heteroatoms. The highest BCUT2D eigenvalue weighted by Gasteiger charge is 2.31. The van der Waals surface area contributed by atoms with Crippen LogP contribution in [-0.4, -0.2) is 33.0 Å². The Balaban J connectivity index is 1.52. The van der Waals surface area contributed by atoms with Gasteiger partial charge in [-0.25, -0.2) is 9.48 Å². The van der Waals surface area contributed by atoms with Crippen molar-refractivity contribution in [3.8, 4) is 5.69 Å². The first-order chi connectivity index (χ1) is 12.2. The number of amides is 1. The van der Waals surface area contributed by atoms with Gasteiger partial charge in [0.1, 0.15) is 0 Å². The maximum absolute atomic E-state index is 12.5. The van der Waals surface area contributed by atoms with Crippen molar-refractivity contribution in [3.63, 3.8) is 0 Å². The highest BCUT2D eigenvalue weighted by molar-refractivity contribution is 6.00. The molecule has 0 unspecified atom stereocenters. The van der Waals surface area contributed by atoms with Gasteiger partial charge in [0.2, 0.25) is 0 Å². The summed E-state index contributed by atoms with van der Waals surface area (Å²) < 4.78 is 6.86. The van der Waals surface area contributed by atoms with E-state index < -0.39 is 12.1 Å². The van der Waals surface area contributed by atoms with Crippen molar-refractivity contribution in [1.29, 1.82) is 0 Å². The third-order valence-electron chi connectivity index (χ3n) is 3.99. The molecule has 2 aromatic carbocycles. The van der Waals surface area contributed by atoms with Crippen molar-refractivity contribution < 1.29 is 14.3 Å². The van der Waals surface area contributed by atoms with Crippen molar-refractivity contribution >= 4 is 17.6 Å². The Hall–Kier alpha value is -3.48. The molecule has 1 aliphatic rings. The van der Waals surface area contributed by atoms with Crippen molar-refractivity contribution in [2.45, 2.75) is 12.5 Å². The first-order valence-corrected chi connectivity index (χ1v) is 7.77. The lowest BCUT2D eigenvalue weighted by Crippen LogP contribution is -2.37. The number of nitrogens with one attached hydrogen (secondary N) is 1. The number of aromatic nitrogens is 3. The predicted octanol–water partition coefficient (Wildman–Crippen LogP) is 1.99. The predicted molar refractivity (Wildman–Crippen MR) is 89.3 cm³/mol. The van der Waals surface area contributed by atoms with Gasteiger partial charge in [-0.05, 0) is 29.8 Å². The highest BCUT2D eigenvalue weighted by atomic mass is 16.5. The van der Waals surface area contributed by atoms with E-state index in [1.54, 1.807) is 47.4 Å². The third-order valence-corrected chi connectivity index (χ3v) is 3.99. The fraction of sp³-hybridized carbons (Fsp3) is 0.111. The molecule has 0 radical (unpaired) electrons. The molecule has 25 heavy (non-hydrogen) atoms. The van der Waals surface area contributed by atoms with Gasteiger partial charge < -0.3 is 10.1 Å². The zero-order valence-electron chi connectivity index (χ0n) is 13.1. The summed E-state index contributed by atoms with van der Waals surface area (Å²) in [6.07, 6.45) is 2.79. The third kappa shape index (κ3) is 2.99. The first kappa shape index (κ1) is 15.1. The van der Waals surface area contributed by atoms with E-state index in [1.807, 2.05) is 18.2 Å². The van der Waals surface area contributed by atoms with Crippen LogP contribution in [-0.2, 0) is 16.0 Å². The number of anilines is 1. The van der Waals surface area contributed by atoms with Crippen molar-refractivity contribution in [1.82, 2.24) is 15.0 Å². The molecule has 1 amide bonds. The highest BCUT2D eigenvalue weighted by Crippen LogP contribution is 2.22. The van der Waals surface area contributed by atoms with Gasteiger partial charge in [-0.1, -0.05) is 29.5 Å². The number of rotatable bonds is 3. The Morgan fingerprint density at radius 2 is 2.08 bits per heavy atom. The number of ether oxygens (including phenoxy) is 1. The minimum Gasteiger partial charge on any atom is -0.448 e. The fourth-order valence-electron chi connectivity index (χ4n) is 2.77. The second-order valence-corrected chi connectivity index (χ2v) is 5.64. The minimum atomic E-state index is -0.850. The van der Waals surface area contributed by atoms with E-state index >= 15 is 0 Å². The van der Waals surface area contributed by atoms with Gasteiger partial charge in [0.25, 0.3) is 5.91 Å². The molecular weight excluding hydrogens is 320 g/mol. The molecule has 0 fully saturated rings. The summed E-state index contributed by atoms with van der Waals surface area (Å²) in [7, 11) is 0. The molecule has 1 aromatic heterocycles. The minimum absolute atomic E-state index is 0.358. The standard InChI is InChI=1S/C18H14N4O3/c23-17(16-10-12-4-1-2-7-15(12)18(24)25-16)20-13-5-3-6-14(11-13)22-9-8-19-21-22/h1-9,11,16H,10H2,(H,20,23)/t16-/m0/s1. The number of cyclic esters (lactones) is 1. The Bertz CT molecular complexity index is 937. The lowest BCUT2D eigenvalue weighted by molar-refractivity contribution is -0.125. The van der Waals surface area contributed by atoms with Gasteiger partial charge in [-0.15, -0.1) is 5.10 Å². The van der Waals surface area contributed by atoms with Crippen LogP contribution in [0.4, 0.5) is 5.69 Å². The fourth-order valence-corrected chi connectivity index (χ4v) is 2.77. The summed E-state index contributed by atoms with van der Waals surface area (Å²) in [5.41, 5.74) is 2.68. The number of nitrogens with zero attached hydrogens (tertiary/aromatic N) is 3. The number of fused-ring (bicyclic) bond motifs is 1. The molecule has 0 bridgehead atoms. The largest absolute Gasteiger partial charge is 0.448 e. The second kappa shape index (κ2) is 6.20. The number of carbonyl (C=O) groups excluding carboxylic acids is 2. The Morgan fingerprint density at radius 1 is 1.20 bits per heavy atom. The van der Waals surface area contributed by atoms with Crippen molar-refractivity contribution in [2.75, 3.05) is 5.32 Å². The van der Waals surface area contributed by atoms with Gasteiger partial charge in [0.15, 0.2) is 6.10 Å². The maximum atomic E-state index is 12.5. The zero-order chi connectivity index (χ0) is 17.2. The molecule has 7 nitrogen and oxygen atoms in total. The molecule has 0 spiro atoms. The van der Waals surface area contributed by atoms with Gasteiger partial charge in [-0.2, -0.15) is 0 Å². The molecule has 124 valence electrons. The van der Waals surface area contributed by atoms with Gasteiger partial charge in [0, 0.05) is 12.1 Å². The van der Waals surface area contributed by atoms with Crippen LogP contribution >= 0.6 is 0 Å². The summed E-state index contributed by atoms with van der Waals surface area (Å²) in [6.45, 7) is 0. The quantitative estimate of drug-likeness (QED) is 0.740. The van der Waals surface area contributed by atoms with Crippen LogP contribution in [0.3, 0.4) is 0 Å². The smallest absolute Gasteiger partial charge is 0.339 e. The van der Waals surface area contributed by atoms with Gasteiger partial charge in [-0.3, -0.25) is 4.79 Å². The normalized spacial score (nSPS) is 16.0. The molecule has 1 N–H and O–H groups in total. The van der Waals surface area contributed by atoms with Crippen LogP contribution in [0.5, 0.6) is 0 Å². The molecule has 1 atom stereocenters. The lowest BCUT2D eigenvalue weighted by atomic mass is 9.98. The number of benzene rings is 2. The first-order valence-electron chi connectivity index (χ1n) is 7.77. The number of esters is 1. The molecule has 4 rings (SSSR count). The van der Waals surface area contributed by atoms with Crippen molar-refractivity contribution in [2.24, 2.45) is 0 Å². The Labute approximate surface area is 143 Å². The van der Waals surface area contributed by atoms with E-state index in [0.717, 1.165) is 11.3 Å².